The largest absolute Gasteiger partial charge is 0.481 e. The van der Waals surface area contributed by atoms with Crippen molar-refractivity contribution < 1.29 is 9.90 Å². The van der Waals surface area contributed by atoms with Crippen LogP contribution in [0.15, 0.2) is 0 Å². The molecular formula is C15H22ClN3O2. The number of aliphatic carboxylic acids is 1. The van der Waals surface area contributed by atoms with E-state index >= 15 is 0 Å². The molecule has 1 aromatic heterocycles. The van der Waals surface area contributed by atoms with Crippen LogP contribution in [0.1, 0.15) is 31.0 Å². The zero-order valence-corrected chi connectivity index (χ0v) is 13.3. The smallest absolute Gasteiger partial charge is 0.308 e. The monoisotopic (exact) mass is 311 g/mol. The lowest BCUT2D eigenvalue weighted by Crippen LogP contribution is -2.24. The van der Waals surface area contributed by atoms with Crippen molar-refractivity contribution in [2.75, 3.05) is 13.1 Å². The van der Waals surface area contributed by atoms with Crippen molar-refractivity contribution in [1.29, 1.82) is 0 Å². The first-order chi connectivity index (χ1) is 10.0. The average Bonchev–Trinajstić information content (AvgIpc) is 3.15. The first-order valence-corrected chi connectivity index (χ1v) is 8.04. The third-order valence-corrected chi connectivity index (χ3v) is 5.33. The van der Waals surface area contributed by atoms with Gasteiger partial charge in [0.2, 0.25) is 0 Å². The lowest BCUT2D eigenvalue weighted by molar-refractivity contribution is -0.142. The van der Waals surface area contributed by atoms with Gasteiger partial charge in [-0.3, -0.25) is 14.4 Å². The van der Waals surface area contributed by atoms with Gasteiger partial charge >= 0.3 is 5.97 Å². The molecule has 0 bridgehead atoms. The van der Waals surface area contributed by atoms with Gasteiger partial charge in [0, 0.05) is 32.2 Å². The fourth-order valence-corrected chi connectivity index (χ4v) is 3.78. The molecule has 6 heteroatoms. The molecule has 3 rings (SSSR count). The zero-order valence-electron chi connectivity index (χ0n) is 12.5. The molecule has 2 unspecified atom stereocenters. The van der Waals surface area contributed by atoms with E-state index in [9.17, 15) is 9.90 Å². The van der Waals surface area contributed by atoms with Crippen molar-refractivity contribution in [3.8, 4) is 0 Å². The maximum absolute atomic E-state index is 11.5. The first-order valence-electron chi connectivity index (χ1n) is 7.66. The van der Waals surface area contributed by atoms with E-state index in [-0.39, 0.29) is 5.92 Å². The molecule has 0 radical (unpaired) electrons. The second kappa shape index (κ2) is 5.61. The number of rotatable bonds is 5. The molecule has 1 saturated heterocycles. The summed E-state index contributed by atoms with van der Waals surface area (Å²) in [4.78, 5) is 13.7. The van der Waals surface area contributed by atoms with Gasteiger partial charge in [-0.15, -0.1) is 0 Å². The molecule has 116 valence electrons. The van der Waals surface area contributed by atoms with Crippen LogP contribution in [0, 0.1) is 17.8 Å². The number of hydrogen-bond acceptors (Lipinski definition) is 3. The second-order valence-electron chi connectivity index (χ2n) is 6.33. The molecule has 1 aliphatic heterocycles. The van der Waals surface area contributed by atoms with Crippen LogP contribution in [-0.4, -0.2) is 38.8 Å². The lowest BCUT2D eigenvalue weighted by Gasteiger charge is -2.15. The van der Waals surface area contributed by atoms with Crippen LogP contribution in [0.4, 0.5) is 0 Å². The van der Waals surface area contributed by atoms with Crippen LogP contribution >= 0.6 is 11.6 Å². The van der Waals surface area contributed by atoms with Crippen LogP contribution in [0.3, 0.4) is 0 Å². The molecule has 1 aliphatic carbocycles. The average molecular weight is 312 g/mol. The van der Waals surface area contributed by atoms with Crippen LogP contribution < -0.4 is 0 Å². The Bertz CT molecular complexity index is 553. The van der Waals surface area contributed by atoms with Crippen molar-refractivity contribution in [3.05, 3.63) is 16.4 Å². The lowest BCUT2D eigenvalue weighted by atomic mass is 9.92. The zero-order chi connectivity index (χ0) is 15.1. The van der Waals surface area contributed by atoms with E-state index in [2.05, 4.69) is 16.9 Å². The molecule has 0 aromatic carbocycles. The predicted molar refractivity (Wildman–Crippen MR) is 80.2 cm³/mol. The Morgan fingerprint density at radius 3 is 2.71 bits per heavy atom. The molecule has 2 aliphatic rings. The summed E-state index contributed by atoms with van der Waals surface area (Å²) in [6.45, 7) is 4.28. The highest BCUT2D eigenvalue weighted by molar-refractivity contribution is 6.30. The number of nitrogens with zero attached hydrogens (tertiary/aromatic N) is 3. The number of carboxylic acid groups (broad SMARTS) is 1. The highest BCUT2D eigenvalue weighted by Gasteiger charge is 2.45. The van der Waals surface area contributed by atoms with E-state index in [1.54, 1.807) is 4.68 Å². The third kappa shape index (κ3) is 2.81. The summed E-state index contributed by atoms with van der Waals surface area (Å²) in [5, 5.41) is 14.5. The molecular weight excluding hydrogens is 290 g/mol. The number of aryl methyl sites for hydroxylation is 2. The highest BCUT2D eigenvalue weighted by Crippen LogP contribution is 2.44. The van der Waals surface area contributed by atoms with Crippen LogP contribution in [0.25, 0.3) is 0 Å². The number of halogens is 1. The molecule has 1 N–H and O–H groups in total. The molecule has 2 atom stereocenters. The van der Waals surface area contributed by atoms with Crippen molar-refractivity contribution in [1.82, 2.24) is 14.7 Å². The van der Waals surface area contributed by atoms with E-state index in [4.69, 9.17) is 11.6 Å². The number of carboxylic acids is 1. The van der Waals surface area contributed by atoms with Gasteiger partial charge in [0.1, 0.15) is 5.15 Å². The molecule has 0 amide bonds. The van der Waals surface area contributed by atoms with Gasteiger partial charge < -0.3 is 5.11 Å². The standard InChI is InChI=1S/C15H22ClN3O2/c1-3-13-12(14(16)18(2)17-13)8-19-6-10(9-4-5-9)11(7-19)15(20)21/h9-11H,3-8H2,1-2H3,(H,20,21). The van der Waals surface area contributed by atoms with Crippen molar-refractivity contribution in [2.45, 2.75) is 32.7 Å². The molecule has 2 heterocycles. The molecule has 1 saturated carbocycles. The number of aromatic nitrogens is 2. The van der Waals surface area contributed by atoms with Gasteiger partial charge in [0.15, 0.2) is 0 Å². The number of hydrogen-bond donors (Lipinski definition) is 1. The van der Waals surface area contributed by atoms with E-state index in [0.717, 1.165) is 24.2 Å². The minimum Gasteiger partial charge on any atom is -0.481 e. The summed E-state index contributed by atoms with van der Waals surface area (Å²) in [7, 11) is 1.85. The topological polar surface area (TPSA) is 58.4 Å². The minimum absolute atomic E-state index is 0.224. The Balaban J connectivity index is 1.75. The van der Waals surface area contributed by atoms with E-state index in [1.165, 1.54) is 12.8 Å². The summed E-state index contributed by atoms with van der Waals surface area (Å²) >= 11 is 6.34. The maximum Gasteiger partial charge on any atom is 0.308 e. The van der Waals surface area contributed by atoms with Gasteiger partial charge in [-0.05, 0) is 31.1 Å². The molecule has 2 fully saturated rings. The van der Waals surface area contributed by atoms with E-state index < -0.39 is 5.97 Å². The summed E-state index contributed by atoms with van der Waals surface area (Å²) < 4.78 is 1.71. The van der Waals surface area contributed by atoms with Gasteiger partial charge in [0.05, 0.1) is 11.6 Å². The van der Waals surface area contributed by atoms with Crippen LogP contribution in [0.2, 0.25) is 5.15 Å². The van der Waals surface area contributed by atoms with Gasteiger partial charge in [-0.2, -0.15) is 5.10 Å². The first kappa shape index (κ1) is 14.9. The molecule has 0 spiro atoms. The second-order valence-corrected chi connectivity index (χ2v) is 6.69. The molecule has 5 nitrogen and oxygen atoms in total. The summed E-state index contributed by atoms with van der Waals surface area (Å²) in [5.41, 5.74) is 2.08. The summed E-state index contributed by atoms with van der Waals surface area (Å²) in [5.74, 6) is 0.0505. The number of carbonyl (C=O) groups is 1. The molecule has 21 heavy (non-hydrogen) atoms. The molecule has 1 aromatic rings. The van der Waals surface area contributed by atoms with E-state index in [1.807, 2.05) is 7.05 Å². The fourth-order valence-electron chi connectivity index (χ4n) is 3.57. The van der Waals surface area contributed by atoms with Gasteiger partial charge in [0.25, 0.3) is 0 Å². The quantitative estimate of drug-likeness (QED) is 0.905. The summed E-state index contributed by atoms with van der Waals surface area (Å²) in [6.07, 6.45) is 3.23. The van der Waals surface area contributed by atoms with Crippen molar-refractivity contribution in [2.24, 2.45) is 24.8 Å². The fraction of sp³-hybridized carbons (Fsp3) is 0.733. The Kier molecular flexibility index (Phi) is 3.97. The predicted octanol–water partition coefficient (Wildman–Crippen LogP) is 2.18. The van der Waals surface area contributed by atoms with E-state index in [0.29, 0.717) is 30.1 Å². The minimum atomic E-state index is -0.651. The van der Waals surface area contributed by atoms with Crippen molar-refractivity contribution >= 4 is 17.6 Å². The number of likely N-dealkylation sites (tertiary alicyclic amines) is 1. The Labute approximate surface area is 129 Å². The maximum atomic E-state index is 11.5. The van der Waals surface area contributed by atoms with Crippen LogP contribution in [0.5, 0.6) is 0 Å². The van der Waals surface area contributed by atoms with Crippen LogP contribution in [-0.2, 0) is 24.8 Å². The van der Waals surface area contributed by atoms with Crippen molar-refractivity contribution in [3.63, 3.8) is 0 Å². The normalized spacial score (nSPS) is 26.4. The van der Waals surface area contributed by atoms with Gasteiger partial charge in [-0.25, -0.2) is 0 Å². The van der Waals surface area contributed by atoms with Gasteiger partial charge in [-0.1, -0.05) is 18.5 Å². The Hall–Kier alpha value is -1.07. The third-order valence-electron chi connectivity index (χ3n) is 4.85. The summed E-state index contributed by atoms with van der Waals surface area (Å²) in [6, 6.07) is 0. The highest BCUT2D eigenvalue weighted by atomic mass is 35.5. The Morgan fingerprint density at radius 2 is 2.14 bits per heavy atom. The SMILES string of the molecule is CCc1nn(C)c(Cl)c1CN1CC(C(=O)O)C(C2CC2)C1. The Morgan fingerprint density at radius 1 is 1.43 bits per heavy atom.